The van der Waals surface area contributed by atoms with Gasteiger partial charge in [0.05, 0.1) is 11.6 Å². The van der Waals surface area contributed by atoms with Crippen LogP contribution < -0.4 is 0 Å². The summed E-state index contributed by atoms with van der Waals surface area (Å²) in [4.78, 5) is 17.5. The topological polar surface area (TPSA) is 49.6 Å². The summed E-state index contributed by atoms with van der Waals surface area (Å²) in [6.07, 6.45) is 3.31. The summed E-state index contributed by atoms with van der Waals surface area (Å²) in [7, 11) is 0. The van der Waals surface area contributed by atoms with Crippen LogP contribution in [0.2, 0.25) is 0 Å². The standard InChI is InChI=1S/C22H31N3O2/c1-17(21-18(2)23-27-19(21)3)22(26)25-14-8-13-24(15-16-25)12-7-11-20-9-5-4-6-10-20/h4-6,9-10,17H,7-8,11-16H2,1-3H3. The van der Waals surface area contributed by atoms with Gasteiger partial charge in [-0.2, -0.15) is 0 Å². The van der Waals surface area contributed by atoms with Crippen LogP contribution in [-0.4, -0.2) is 53.6 Å². The molecule has 146 valence electrons. The van der Waals surface area contributed by atoms with Crippen LogP contribution >= 0.6 is 0 Å². The molecule has 5 heteroatoms. The van der Waals surface area contributed by atoms with E-state index in [0.29, 0.717) is 0 Å². The number of nitrogens with zero attached hydrogens (tertiary/aromatic N) is 3. The van der Waals surface area contributed by atoms with E-state index in [1.165, 1.54) is 5.56 Å². The van der Waals surface area contributed by atoms with Crippen LogP contribution in [0, 0.1) is 13.8 Å². The first kappa shape index (κ1) is 19.6. The summed E-state index contributed by atoms with van der Waals surface area (Å²) < 4.78 is 5.25. The molecule has 0 spiro atoms. The Bertz CT molecular complexity index is 722. The van der Waals surface area contributed by atoms with Crippen molar-refractivity contribution in [3.63, 3.8) is 0 Å². The molecule has 1 unspecified atom stereocenters. The number of carbonyl (C=O) groups excluding carboxylic acids is 1. The predicted molar refractivity (Wildman–Crippen MR) is 107 cm³/mol. The summed E-state index contributed by atoms with van der Waals surface area (Å²) in [5, 5.41) is 4.00. The van der Waals surface area contributed by atoms with Crippen molar-refractivity contribution < 1.29 is 9.32 Å². The highest BCUT2D eigenvalue weighted by atomic mass is 16.5. The Hall–Kier alpha value is -2.14. The van der Waals surface area contributed by atoms with Gasteiger partial charge in [0.2, 0.25) is 5.91 Å². The Labute approximate surface area is 162 Å². The molecule has 1 aliphatic rings. The number of hydrogen-bond donors (Lipinski definition) is 0. The summed E-state index contributed by atoms with van der Waals surface area (Å²) in [5.41, 5.74) is 3.17. The normalized spacial score (nSPS) is 16.9. The fourth-order valence-corrected chi connectivity index (χ4v) is 4.07. The molecule has 27 heavy (non-hydrogen) atoms. The third kappa shape index (κ3) is 4.98. The van der Waals surface area contributed by atoms with E-state index in [-0.39, 0.29) is 11.8 Å². The van der Waals surface area contributed by atoms with E-state index >= 15 is 0 Å². The maximum absolute atomic E-state index is 13.0. The Balaban J connectivity index is 1.49. The lowest BCUT2D eigenvalue weighted by atomic mass is 9.98. The number of benzene rings is 1. The number of aryl methyl sites for hydroxylation is 3. The van der Waals surface area contributed by atoms with Crippen molar-refractivity contribution in [2.45, 2.75) is 46.0 Å². The molecule has 0 bridgehead atoms. The third-order valence-corrected chi connectivity index (χ3v) is 5.57. The maximum atomic E-state index is 13.0. The zero-order valence-electron chi connectivity index (χ0n) is 16.8. The van der Waals surface area contributed by atoms with E-state index in [1.54, 1.807) is 0 Å². The summed E-state index contributed by atoms with van der Waals surface area (Å²) in [5.74, 6) is 0.752. The molecule has 2 aromatic rings. The van der Waals surface area contributed by atoms with Crippen molar-refractivity contribution in [3.05, 3.63) is 52.9 Å². The Morgan fingerprint density at radius 2 is 1.93 bits per heavy atom. The molecule has 0 aliphatic carbocycles. The molecule has 1 aromatic carbocycles. The van der Waals surface area contributed by atoms with Gasteiger partial charge < -0.3 is 14.3 Å². The highest BCUT2D eigenvalue weighted by molar-refractivity contribution is 5.83. The highest BCUT2D eigenvalue weighted by Gasteiger charge is 2.28. The largest absolute Gasteiger partial charge is 0.361 e. The minimum atomic E-state index is -0.194. The van der Waals surface area contributed by atoms with Crippen molar-refractivity contribution in [2.75, 3.05) is 32.7 Å². The van der Waals surface area contributed by atoms with Crippen LogP contribution in [-0.2, 0) is 11.2 Å². The van der Waals surface area contributed by atoms with Gasteiger partial charge in [-0.25, -0.2) is 0 Å². The van der Waals surface area contributed by atoms with Crippen molar-refractivity contribution in [1.29, 1.82) is 0 Å². The summed E-state index contributed by atoms with van der Waals surface area (Å²) in [6, 6.07) is 10.7. The van der Waals surface area contributed by atoms with Gasteiger partial charge in [0.1, 0.15) is 5.76 Å². The van der Waals surface area contributed by atoms with Crippen molar-refractivity contribution >= 4 is 5.91 Å². The van der Waals surface area contributed by atoms with Crippen molar-refractivity contribution in [3.8, 4) is 0 Å². The van der Waals surface area contributed by atoms with Gasteiger partial charge in [0.15, 0.2) is 0 Å². The zero-order valence-corrected chi connectivity index (χ0v) is 16.8. The average Bonchev–Trinajstić information content (AvgIpc) is 2.87. The van der Waals surface area contributed by atoms with Crippen LogP contribution in [0.3, 0.4) is 0 Å². The molecule has 1 fully saturated rings. The van der Waals surface area contributed by atoms with E-state index in [2.05, 4.69) is 40.4 Å². The SMILES string of the molecule is Cc1noc(C)c1C(C)C(=O)N1CCCN(CCCc2ccccc2)CC1. The van der Waals surface area contributed by atoms with Gasteiger partial charge in [-0.3, -0.25) is 4.79 Å². The molecule has 1 atom stereocenters. The van der Waals surface area contributed by atoms with E-state index in [1.807, 2.05) is 25.7 Å². The Morgan fingerprint density at radius 1 is 1.15 bits per heavy atom. The van der Waals surface area contributed by atoms with Gasteiger partial charge in [-0.05, 0) is 58.7 Å². The number of carbonyl (C=O) groups is 1. The fourth-order valence-electron chi connectivity index (χ4n) is 4.07. The lowest BCUT2D eigenvalue weighted by molar-refractivity contribution is -0.132. The molecule has 0 N–H and O–H groups in total. The van der Waals surface area contributed by atoms with Gasteiger partial charge in [-0.15, -0.1) is 0 Å². The molecule has 5 nitrogen and oxygen atoms in total. The van der Waals surface area contributed by atoms with E-state index < -0.39 is 0 Å². The van der Waals surface area contributed by atoms with Gasteiger partial charge in [0, 0.05) is 25.2 Å². The average molecular weight is 370 g/mol. The predicted octanol–water partition coefficient (Wildman–Crippen LogP) is 3.56. The molecule has 1 saturated heterocycles. The van der Waals surface area contributed by atoms with Crippen molar-refractivity contribution in [2.24, 2.45) is 0 Å². The second-order valence-electron chi connectivity index (χ2n) is 7.57. The first-order valence-electron chi connectivity index (χ1n) is 10.0. The zero-order chi connectivity index (χ0) is 19.2. The molecular weight excluding hydrogens is 338 g/mol. The van der Waals surface area contributed by atoms with Crippen LogP contribution in [0.25, 0.3) is 0 Å². The molecule has 0 saturated carbocycles. The van der Waals surface area contributed by atoms with Gasteiger partial charge in [0.25, 0.3) is 0 Å². The van der Waals surface area contributed by atoms with E-state index in [0.717, 1.165) is 69.0 Å². The van der Waals surface area contributed by atoms with Crippen LogP contribution in [0.1, 0.15) is 48.3 Å². The number of aromatic nitrogens is 1. The third-order valence-electron chi connectivity index (χ3n) is 5.57. The number of rotatable bonds is 6. The smallest absolute Gasteiger partial charge is 0.230 e. The van der Waals surface area contributed by atoms with Gasteiger partial charge in [-0.1, -0.05) is 35.5 Å². The van der Waals surface area contributed by atoms with Gasteiger partial charge >= 0.3 is 0 Å². The highest BCUT2D eigenvalue weighted by Crippen LogP contribution is 2.25. The summed E-state index contributed by atoms with van der Waals surface area (Å²) >= 11 is 0. The molecule has 1 aromatic heterocycles. The second-order valence-corrected chi connectivity index (χ2v) is 7.57. The maximum Gasteiger partial charge on any atom is 0.230 e. The Morgan fingerprint density at radius 3 is 2.63 bits per heavy atom. The molecular formula is C22H31N3O2. The van der Waals surface area contributed by atoms with E-state index in [9.17, 15) is 4.79 Å². The Kier molecular flexibility index (Phi) is 6.67. The van der Waals surface area contributed by atoms with Crippen molar-refractivity contribution in [1.82, 2.24) is 15.0 Å². The number of hydrogen-bond acceptors (Lipinski definition) is 4. The van der Waals surface area contributed by atoms with Crippen LogP contribution in [0.5, 0.6) is 0 Å². The number of amides is 1. The minimum absolute atomic E-state index is 0.190. The molecule has 1 amide bonds. The second kappa shape index (κ2) is 9.18. The van der Waals surface area contributed by atoms with Crippen LogP contribution in [0.4, 0.5) is 0 Å². The molecule has 1 aliphatic heterocycles. The lowest BCUT2D eigenvalue weighted by Gasteiger charge is -2.25. The lowest BCUT2D eigenvalue weighted by Crippen LogP contribution is -2.38. The van der Waals surface area contributed by atoms with Crippen LogP contribution in [0.15, 0.2) is 34.9 Å². The minimum Gasteiger partial charge on any atom is -0.361 e. The fraction of sp³-hybridized carbons (Fsp3) is 0.545. The molecule has 2 heterocycles. The summed E-state index contributed by atoms with van der Waals surface area (Å²) in [6.45, 7) is 10.5. The van der Waals surface area contributed by atoms with E-state index in [4.69, 9.17) is 4.52 Å². The monoisotopic (exact) mass is 369 g/mol. The molecule has 0 radical (unpaired) electrons. The molecule has 3 rings (SSSR count). The first-order chi connectivity index (χ1) is 13.1. The quantitative estimate of drug-likeness (QED) is 0.781. The first-order valence-corrected chi connectivity index (χ1v) is 10.0.